The molecule has 2 amide bonds. The second-order valence-corrected chi connectivity index (χ2v) is 7.67. The molecule has 0 saturated heterocycles. The molecule has 2 heterocycles. The Morgan fingerprint density at radius 1 is 0.970 bits per heavy atom. The van der Waals surface area contributed by atoms with E-state index in [4.69, 9.17) is 13.9 Å². The molecule has 0 aliphatic carbocycles. The molecular formula is C26H26N2O5. The minimum Gasteiger partial charge on any atom is -0.467 e. The highest BCUT2D eigenvalue weighted by Crippen LogP contribution is 2.32. The van der Waals surface area contributed by atoms with Crippen LogP contribution in [0.15, 0.2) is 84.0 Å². The Morgan fingerprint density at radius 3 is 2.55 bits per heavy atom. The van der Waals surface area contributed by atoms with E-state index < -0.39 is 0 Å². The second-order valence-electron chi connectivity index (χ2n) is 7.67. The van der Waals surface area contributed by atoms with Gasteiger partial charge in [-0.1, -0.05) is 36.4 Å². The highest BCUT2D eigenvalue weighted by atomic mass is 16.7. The molecule has 4 rings (SSSR count). The van der Waals surface area contributed by atoms with Gasteiger partial charge in [-0.25, -0.2) is 0 Å². The summed E-state index contributed by atoms with van der Waals surface area (Å²) in [5.41, 5.74) is 1.56. The lowest BCUT2D eigenvalue weighted by molar-refractivity contribution is -0.132. The van der Waals surface area contributed by atoms with Gasteiger partial charge in [-0.05, 0) is 42.3 Å². The molecule has 0 spiro atoms. The summed E-state index contributed by atoms with van der Waals surface area (Å²) in [5.74, 6) is 1.37. The van der Waals surface area contributed by atoms with Gasteiger partial charge in [0, 0.05) is 18.7 Å². The largest absolute Gasteiger partial charge is 0.467 e. The Kier molecular flexibility index (Phi) is 7.09. The van der Waals surface area contributed by atoms with Crippen LogP contribution in [0.5, 0.6) is 11.5 Å². The van der Waals surface area contributed by atoms with Crippen LogP contribution in [0.2, 0.25) is 0 Å². The molecule has 3 aromatic rings. The fourth-order valence-corrected chi connectivity index (χ4v) is 3.64. The number of carbonyl (C=O) groups excluding carboxylic acids is 2. The number of ether oxygens (including phenoxy) is 2. The Morgan fingerprint density at radius 2 is 1.79 bits per heavy atom. The minimum absolute atomic E-state index is 0.0746. The summed E-state index contributed by atoms with van der Waals surface area (Å²) in [7, 11) is 0. The monoisotopic (exact) mass is 446 g/mol. The van der Waals surface area contributed by atoms with Gasteiger partial charge >= 0.3 is 0 Å². The third kappa shape index (κ3) is 5.63. The summed E-state index contributed by atoms with van der Waals surface area (Å²) in [6.45, 7) is 4.88. The number of benzene rings is 2. The molecule has 0 radical (unpaired) electrons. The molecule has 0 unspecified atom stereocenters. The first-order valence-corrected chi connectivity index (χ1v) is 10.8. The van der Waals surface area contributed by atoms with E-state index in [0.29, 0.717) is 42.3 Å². The van der Waals surface area contributed by atoms with Crippen LogP contribution in [0.25, 0.3) is 0 Å². The summed E-state index contributed by atoms with van der Waals surface area (Å²) >= 11 is 0. The second kappa shape index (κ2) is 10.5. The zero-order chi connectivity index (χ0) is 23.0. The van der Waals surface area contributed by atoms with Gasteiger partial charge in [0.2, 0.25) is 12.7 Å². The highest BCUT2D eigenvalue weighted by Gasteiger charge is 2.24. The fraction of sp³-hybridized carbons (Fsp3) is 0.231. The van der Waals surface area contributed by atoms with E-state index in [2.05, 4.69) is 6.58 Å². The quantitative estimate of drug-likeness (QED) is 0.442. The van der Waals surface area contributed by atoms with Crippen molar-refractivity contribution in [2.45, 2.75) is 13.0 Å². The number of amides is 2. The van der Waals surface area contributed by atoms with Gasteiger partial charge in [0.05, 0.1) is 12.8 Å². The van der Waals surface area contributed by atoms with Gasteiger partial charge in [-0.15, -0.1) is 6.58 Å². The SMILES string of the molecule is C=CCN(CC(=O)N(CCc1ccccc1)Cc1ccco1)C(=O)c1ccc2c(c1)OCO2. The van der Waals surface area contributed by atoms with E-state index in [1.54, 1.807) is 41.5 Å². The summed E-state index contributed by atoms with van der Waals surface area (Å²) in [4.78, 5) is 29.7. The molecule has 170 valence electrons. The molecule has 0 atom stereocenters. The molecule has 33 heavy (non-hydrogen) atoms. The summed E-state index contributed by atoms with van der Waals surface area (Å²) in [6.07, 6.45) is 3.90. The van der Waals surface area contributed by atoms with Gasteiger partial charge in [0.1, 0.15) is 12.3 Å². The first-order valence-electron chi connectivity index (χ1n) is 10.8. The Labute approximate surface area is 192 Å². The van der Waals surface area contributed by atoms with Crippen LogP contribution in [-0.2, 0) is 17.8 Å². The van der Waals surface area contributed by atoms with Crippen molar-refractivity contribution in [1.82, 2.24) is 9.80 Å². The van der Waals surface area contributed by atoms with E-state index in [0.717, 1.165) is 5.56 Å². The van der Waals surface area contributed by atoms with Gasteiger partial charge in [0.15, 0.2) is 11.5 Å². The van der Waals surface area contributed by atoms with Crippen molar-refractivity contribution in [3.05, 3.63) is 96.5 Å². The third-order valence-electron chi connectivity index (χ3n) is 5.38. The molecule has 0 bridgehead atoms. The topological polar surface area (TPSA) is 72.2 Å². The van der Waals surface area contributed by atoms with E-state index >= 15 is 0 Å². The number of fused-ring (bicyclic) bond motifs is 1. The number of rotatable bonds is 10. The molecule has 7 heteroatoms. The normalized spacial score (nSPS) is 11.8. The predicted molar refractivity (Wildman–Crippen MR) is 123 cm³/mol. The van der Waals surface area contributed by atoms with Gasteiger partial charge in [0.25, 0.3) is 5.91 Å². The van der Waals surface area contributed by atoms with Crippen molar-refractivity contribution < 1.29 is 23.5 Å². The van der Waals surface area contributed by atoms with E-state index in [-0.39, 0.29) is 31.7 Å². The number of hydrogen-bond acceptors (Lipinski definition) is 5. The summed E-state index contributed by atoms with van der Waals surface area (Å²) in [6, 6.07) is 18.6. The van der Waals surface area contributed by atoms with E-state index in [1.165, 1.54) is 4.90 Å². The number of carbonyl (C=O) groups is 2. The average Bonchev–Trinajstić information content (AvgIpc) is 3.53. The van der Waals surface area contributed by atoms with Crippen molar-refractivity contribution >= 4 is 11.8 Å². The molecule has 7 nitrogen and oxygen atoms in total. The lowest BCUT2D eigenvalue weighted by Gasteiger charge is -2.27. The van der Waals surface area contributed by atoms with Crippen LogP contribution in [0.1, 0.15) is 21.7 Å². The van der Waals surface area contributed by atoms with Crippen molar-refractivity contribution in [1.29, 1.82) is 0 Å². The number of nitrogens with zero attached hydrogens (tertiary/aromatic N) is 2. The van der Waals surface area contributed by atoms with E-state index in [9.17, 15) is 9.59 Å². The van der Waals surface area contributed by atoms with Crippen molar-refractivity contribution in [2.24, 2.45) is 0 Å². The Hall–Kier alpha value is -4.00. The maximum absolute atomic E-state index is 13.3. The first-order chi connectivity index (χ1) is 16.1. The van der Waals surface area contributed by atoms with Gasteiger partial charge in [-0.2, -0.15) is 0 Å². The molecule has 1 aliphatic rings. The smallest absolute Gasteiger partial charge is 0.254 e. The van der Waals surface area contributed by atoms with E-state index in [1.807, 2.05) is 36.4 Å². The van der Waals surface area contributed by atoms with Crippen LogP contribution in [0.4, 0.5) is 0 Å². The highest BCUT2D eigenvalue weighted by molar-refractivity contribution is 5.97. The molecule has 1 aliphatic heterocycles. The van der Waals surface area contributed by atoms with Crippen LogP contribution in [-0.4, -0.2) is 48.0 Å². The van der Waals surface area contributed by atoms with Crippen molar-refractivity contribution in [3.63, 3.8) is 0 Å². The minimum atomic E-state index is -0.275. The Balaban J connectivity index is 1.48. The molecule has 0 fully saturated rings. The van der Waals surface area contributed by atoms with Crippen LogP contribution in [0.3, 0.4) is 0 Å². The van der Waals surface area contributed by atoms with Crippen molar-refractivity contribution in [3.8, 4) is 11.5 Å². The maximum Gasteiger partial charge on any atom is 0.254 e. The number of hydrogen-bond donors (Lipinski definition) is 0. The first kappa shape index (κ1) is 22.2. The zero-order valence-corrected chi connectivity index (χ0v) is 18.3. The van der Waals surface area contributed by atoms with Gasteiger partial charge in [-0.3, -0.25) is 9.59 Å². The summed E-state index contributed by atoms with van der Waals surface area (Å²) in [5, 5.41) is 0. The van der Waals surface area contributed by atoms with Crippen LogP contribution >= 0.6 is 0 Å². The molecule has 0 N–H and O–H groups in total. The summed E-state index contributed by atoms with van der Waals surface area (Å²) < 4.78 is 16.2. The molecular weight excluding hydrogens is 420 g/mol. The lowest BCUT2D eigenvalue weighted by Crippen LogP contribution is -2.43. The third-order valence-corrected chi connectivity index (χ3v) is 5.38. The molecule has 2 aromatic carbocycles. The molecule has 1 aromatic heterocycles. The molecule has 0 saturated carbocycles. The van der Waals surface area contributed by atoms with Crippen molar-refractivity contribution in [2.75, 3.05) is 26.4 Å². The van der Waals surface area contributed by atoms with Crippen LogP contribution in [0, 0.1) is 0 Å². The Bertz CT molecular complexity index is 1100. The lowest BCUT2D eigenvalue weighted by atomic mass is 10.1. The zero-order valence-electron chi connectivity index (χ0n) is 18.3. The van der Waals surface area contributed by atoms with Gasteiger partial charge < -0.3 is 23.7 Å². The van der Waals surface area contributed by atoms with Crippen LogP contribution < -0.4 is 9.47 Å². The number of furan rings is 1. The predicted octanol–water partition coefficient (Wildman–Crippen LogP) is 3.91. The maximum atomic E-state index is 13.3. The fourth-order valence-electron chi connectivity index (χ4n) is 3.64. The average molecular weight is 447 g/mol. The standard InChI is InChI=1S/C26H26N2O5/c1-2-13-28(26(30)21-10-11-23-24(16-21)33-19-32-23)18-25(29)27(17-22-9-6-15-31-22)14-12-20-7-4-3-5-8-20/h2-11,15-16H,1,12-14,17-19H2.